The Bertz CT molecular complexity index is 2090. The monoisotopic (exact) mass is 877 g/mol. The van der Waals surface area contributed by atoms with Gasteiger partial charge in [0, 0.05) is 0 Å². The van der Waals surface area contributed by atoms with Crippen LogP contribution in [-0.4, -0.2) is 0 Å². The molecule has 6 aromatic carbocycles. The van der Waals surface area contributed by atoms with Crippen LogP contribution in [0.5, 0.6) is 0 Å². The van der Waals surface area contributed by atoms with E-state index in [0.717, 1.165) is 6.42 Å². The molecule has 0 heteroatoms. The highest BCUT2D eigenvalue weighted by molar-refractivity contribution is 5.28. The van der Waals surface area contributed by atoms with Gasteiger partial charge >= 0.3 is 0 Å². The molecule has 0 spiro atoms. The van der Waals surface area contributed by atoms with Crippen LogP contribution in [-0.2, 0) is 0 Å². The van der Waals surface area contributed by atoms with Crippen molar-refractivity contribution < 1.29 is 0 Å². The fraction of sp³-hybridized carbons (Fsp3) is 0.424. The Balaban J connectivity index is 1.34. The standard InChI is InChI=1S/C66H84/c1-4-7-16-45-61(55-33-19-10-20-34-55)51-64(58-39-25-13-26-40-58)48-31-32-54(49-65(59-41-27-14-28-42-59)52-62(46-17-8-5-2)56-35-21-11-22-36-56)50-66(60-43-29-15-30-44-60)53-63(47-18-9-6-3)57-37-23-12-24-38-57/h5,10-15,19-30,33-44,54,61-66H,2,4,6-9,16-18,31-32,45-53H2,1,3H3. The van der Waals surface area contributed by atoms with E-state index in [9.17, 15) is 0 Å². The largest absolute Gasteiger partial charge is 0.103 e. The molecule has 0 heterocycles. The van der Waals surface area contributed by atoms with Crippen molar-refractivity contribution in [2.24, 2.45) is 5.92 Å². The molecule has 0 fully saturated rings. The summed E-state index contributed by atoms with van der Waals surface area (Å²) in [4.78, 5) is 0. The van der Waals surface area contributed by atoms with Gasteiger partial charge in [-0.25, -0.2) is 0 Å². The van der Waals surface area contributed by atoms with Crippen LogP contribution < -0.4 is 0 Å². The first-order valence-corrected chi connectivity index (χ1v) is 26.6. The summed E-state index contributed by atoms with van der Waals surface area (Å²) in [6.45, 7) is 8.78. The molecule has 348 valence electrons. The van der Waals surface area contributed by atoms with Gasteiger partial charge in [0.25, 0.3) is 0 Å². The number of allylic oxidation sites excluding steroid dienone is 1. The van der Waals surface area contributed by atoms with Crippen molar-refractivity contribution in [3.8, 4) is 0 Å². The maximum atomic E-state index is 4.10. The second kappa shape index (κ2) is 29.6. The highest BCUT2D eigenvalue weighted by Crippen LogP contribution is 2.44. The molecule has 0 amide bonds. The van der Waals surface area contributed by atoms with Crippen LogP contribution in [0.15, 0.2) is 195 Å². The molecule has 0 nitrogen and oxygen atoms in total. The lowest BCUT2D eigenvalue weighted by Crippen LogP contribution is -2.17. The van der Waals surface area contributed by atoms with Crippen LogP contribution in [0.1, 0.15) is 205 Å². The van der Waals surface area contributed by atoms with Crippen molar-refractivity contribution in [2.75, 3.05) is 0 Å². The minimum absolute atomic E-state index is 0.488. The first kappa shape index (κ1) is 50.5. The highest BCUT2D eigenvalue weighted by Gasteiger charge is 2.28. The molecule has 0 bridgehead atoms. The summed E-state index contributed by atoms with van der Waals surface area (Å²) in [6, 6.07) is 69.4. The van der Waals surface area contributed by atoms with E-state index >= 15 is 0 Å². The van der Waals surface area contributed by atoms with Crippen LogP contribution in [0.3, 0.4) is 0 Å². The Kier molecular flexibility index (Phi) is 22.7. The van der Waals surface area contributed by atoms with Crippen LogP contribution >= 0.6 is 0 Å². The molecular weight excluding hydrogens is 793 g/mol. The predicted molar refractivity (Wildman–Crippen MR) is 288 cm³/mol. The second-order valence-corrected chi connectivity index (χ2v) is 19.8. The molecule has 0 saturated carbocycles. The quantitative estimate of drug-likeness (QED) is 0.0293. The number of rotatable bonds is 32. The summed E-state index contributed by atoms with van der Waals surface area (Å²) in [5.41, 5.74) is 9.12. The Morgan fingerprint density at radius 3 is 0.879 bits per heavy atom. The molecule has 0 aromatic heterocycles. The van der Waals surface area contributed by atoms with Crippen molar-refractivity contribution in [1.29, 1.82) is 0 Å². The molecule has 7 atom stereocenters. The van der Waals surface area contributed by atoms with Crippen molar-refractivity contribution in [2.45, 2.75) is 171 Å². The second-order valence-electron chi connectivity index (χ2n) is 19.8. The van der Waals surface area contributed by atoms with E-state index in [0.29, 0.717) is 41.4 Å². The van der Waals surface area contributed by atoms with Gasteiger partial charge in [-0.3, -0.25) is 0 Å². The first-order valence-electron chi connectivity index (χ1n) is 26.6. The van der Waals surface area contributed by atoms with Gasteiger partial charge in [0.15, 0.2) is 0 Å². The lowest BCUT2D eigenvalue weighted by Gasteiger charge is -2.32. The van der Waals surface area contributed by atoms with Gasteiger partial charge < -0.3 is 0 Å². The van der Waals surface area contributed by atoms with Crippen LogP contribution in [0.4, 0.5) is 0 Å². The molecule has 0 aliphatic heterocycles. The third kappa shape index (κ3) is 17.0. The van der Waals surface area contributed by atoms with Crippen LogP contribution in [0.2, 0.25) is 0 Å². The number of hydrogen-bond acceptors (Lipinski definition) is 0. The minimum atomic E-state index is 0.488. The average Bonchev–Trinajstić information content (AvgIpc) is 3.38. The third-order valence-electron chi connectivity index (χ3n) is 15.0. The van der Waals surface area contributed by atoms with E-state index in [1.165, 1.54) is 149 Å². The predicted octanol–water partition coefficient (Wildman–Crippen LogP) is 19.9. The van der Waals surface area contributed by atoms with E-state index in [1.54, 1.807) is 0 Å². The van der Waals surface area contributed by atoms with Crippen molar-refractivity contribution in [1.82, 2.24) is 0 Å². The molecule has 0 aliphatic carbocycles. The average molecular weight is 877 g/mol. The van der Waals surface area contributed by atoms with E-state index in [2.05, 4.69) is 208 Å². The molecule has 0 aliphatic rings. The maximum Gasteiger partial charge on any atom is -0.0154 e. The molecule has 66 heavy (non-hydrogen) atoms. The zero-order valence-corrected chi connectivity index (χ0v) is 41.1. The lowest BCUT2D eigenvalue weighted by molar-refractivity contribution is 0.307. The molecule has 6 aromatic rings. The minimum Gasteiger partial charge on any atom is -0.103 e. The highest BCUT2D eigenvalue weighted by atomic mass is 14.3. The summed E-state index contributed by atoms with van der Waals surface area (Å²) >= 11 is 0. The zero-order valence-electron chi connectivity index (χ0n) is 41.1. The molecule has 6 rings (SSSR count). The fourth-order valence-corrected chi connectivity index (χ4v) is 11.4. The first-order chi connectivity index (χ1) is 32.6. The number of unbranched alkanes of at least 4 members (excludes halogenated alkanes) is 5. The lowest BCUT2D eigenvalue weighted by atomic mass is 9.72. The van der Waals surface area contributed by atoms with Crippen LogP contribution in [0, 0.1) is 5.92 Å². The molecule has 0 saturated heterocycles. The summed E-state index contributed by atoms with van der Waals surface area (Å²) in [6.07, 6.45) is 25.7. The van der Waals surface area contributed by atoms with E-state index in [-0.39, 0.29) is 0 Å². The Morgan fingerprint density at radius 1 is 0.303 bits per heavy atom. The third-order valence-corrected chi connectivity index (χ3v) is 15.0. The van der Waals surface area contributed by atoms with Crippen molar-refractivity contribution in [3.63, 3.8) is 0 Å². The topological polar surface area (TPSA) is 0 Å². The zero-order chi connectivity index (χ0) is 45.9. The Hall–Kier alpha value is -4.94. The Labute approximate surface area is 403 Å². The van der Waals surface area contributed by atoms with E-state index in [1.807, 2.05) is 0 Å². The number of benzene rings is 6. The molecule has 7 unspecified atom stereocenters. The van der Waals surface area contributed by atoms with E-state index < -0.39 is 0 Å². The molecule has 0 radical (unpaired) electrons. The van der Waals surface area contributed by atoms with Gasteiger partial charge in [0.2, 0.25) is 0 Å². The van der Waals surface area contributed by atoms with E-state index in [4.69, 9.17) is 0 Å². The Morgan fingerprint density at radius 2 is 0.576 bits per heavy atom. The smallest absolute Gasteiger partial charge is 0.0154 e. The van der Waals surface area contributed by atoms with Gasteiger partial charge in [-0.1, -0.05) is 253 Å². The normalized spacial score (nSPS) is 14.7. The van der Waals surface area contributed by atoms with Gasteiger partial charge in [0.05, 0.1) is 0 Å². The van der Waals surface area contributed by atoms with Gasteiger partial charge in [-0.15, -0.1) is 6.58 Å². The summed E-state index contributed by atoms with van der Waals surface area (Å²) < 4.78 is 0. The maximum absolute atomic E-state index is 4.10. The van der Waals surface area contributed by atoms with Crippen LogP contribution in [0.25, 0.3) is 0 Å². The molecule has 0 N–H and O–H groups in total. The van der Waals surface area contributed by atoms with Gasteiger partial charge in [-0.2, -0.15) is 0 Å². The van der Waals surface area contributed by atoms with Crippen molar-refractivity contribution >= 4 is 0 Å². The van der Waals surface area contributed by atoms with Gasteiger partial charge in [-0.05, 0) is 145 Å². The summed E-state index contributed by atoms with van der Waals surface area (Å²) in [5, 5.41) is 0. The molecular formula is C66H84. The summed E-state index contributed by atoms with van der Waals surface area (Å²) in [5.74, 6) is 3.80. The van der Waals surface area contributed by atoms with Gasteiger partial charge in [0.1, 0.15) is 0 Å². The van der Waals surface area contributed by atoms with Crippen molar-refractivity contribution in [3.05, 3.63) is 228 Å². The summed E-state index contributed by atoms with van der Waals surface area (Å²) in [7, 11) is 0. The fourth-order valence-electron chi connectivity index (χ4n) is 11.4. The SMILES string of the molecule is C=CCCCC(CC(CC(CCCC(CC(CCCCC)c1ccccc1)c1ccccc1)CC(CC(CCCCC)c1ccccc1)c1ccccc1)c1ccccc1)c1ccccc1. The number of hydrogen-bond donors (Lipinski definition) is 0.